The Morgan fingerprint density at radius 1 is 1.15 bits per heavy atom. The van der Waals surface area contributed by atoms with Crippen molar-refractivity contribution in [2.45, 2.75) is 13.5 Å². The van der Waals surface area contributed by atoms with Crippen molar-refractivity contribution in [1.29, 1.82) is 0 Å². The molecule has 10 heteroatoms. The van der Waals surface area contributed by atoms with E-state index in [2.05, 4.69) is 31.8 Å². The van der Waals surface area contributed by atoms with Gasteiger partial charge in [0.1, 0.15) is 0 Å². The minimum atomic E-state index is -0.573. The zero-order valence-electron chi connectivity index (χ0n) is 13.5. The van der Waals surface area contributed by atoms with Crippen LogP contribution in [0.4, 0.5) is 0 Å². The molecular weight excluding hydrogens is 424 g/mol. The van der Waals surface area contributed by atoms with Crippen LogP contribution >= 0.6 is 27.3 Å². The standard InChI is InChI=1S/C16H13BrN4O4S/c1-2-21-15(24)9-4-3-8(7-10(9)18-16(21)25)13(22)19-20-14(23)11-5-6-12(17)26-11/h3-7H,2H2,1H3,(H,18,25)(H,19,22)(H,20,23). The maximum atomic E-state index is 12.2. The Balaban J connectivity index is 1.81. The molecule has 0 bridgehead atoms. The first-order valence-corrected chi connectivity index (χ1v) is 9.14. The number of nitrogens with zero attached hydrogens (tertiary/aromatic N) is 1. The number of aromatic nitrogens is 2. The molecule has 0 aliphatic heterocycles. The highest BCUT2D eigenvalue weighted by atomic mass is 79.9. The van der Waals surface area contributed by atoms with Gasteiger partial charge in [0.15, 0.2) is 0 Å². The summed E-state index contributed by atoms with van der Waals surface area (Å²) in [5.41, 5.74) is 4.09. The van der Waals surface area contributed by atoms with Gasteiger partial charge in [-0.3, -0.25) is 29.8 Å². The van der Waals surface area contributed by atoms with Crippen LogP contribution in [0.25, 0.3) is 10.9 Å². The molecule has 0 unspecified atom stereocenters. The highest BCUT2D eigenvalue weighted by Gasteiger charge is 2.13. The average molecular weight is 437 g/mol. The van der Waals surface area contributed by atoms with Crippen LogP contribution in [0.1, 0.15) is 27.0 Å². The molecule has 3 aromatic rings. The molecule has 0 atom stereocenters. The van der Waals surface area contributed by atoms with E-state index in [1.54, 1.807) is 19.1 Å². The summed E-state index contributed by atoms with van der Waals surface area (Å²) < 4.78 is 1.87. The number of thiophene rings is 1. The topological polar surface area (TPSA) is 113 Å². The molecule has 0 saturated carbocycles. The fraction of sp³-hybridized carbons (Fsp3) is 0.125. The van der Waals surface area contributed by atoms with E-state index in [1.807, 2.05) is 0 Å². The molecule has 8 nitrogen and oxygen atoms in total. The quantitative estimate of drug-likeness (QED) is 0.541. The summed E-state index contributed by atoms with van der Waals surface area (Å²) in [6.45, 7) is 1.94. The molecule has 3 rings (SSSR count). The lowest BCUT2D eigenvalue weighted by Gasteiger charge is -2.08. The molecule has 3 N–H and O–H groups in total. The number of hydrogen-bond donors (Lipinski definition) is 3. The van der Waals surface area contributed by atoms with Crippen LogP contribution in [0.2, 0.25) is 0 Å². The van der Waals surface area contributed by atoms with Crippen LogP contribution < -0.4 is 22.1 Å². The Kier molecular flexibility index (Phi) is 5.05. The summed E-state index contributed by atoms with van der Waals surface area (Å²) in [7, 11) is 0. The first kappa shape index (κ1) is 18.1. The van der Waals surface area contributed by atoms with Crippen LogP contribution in [0.3, 0.4) is 0 Å². The number of amides is 2. The van der Waals surface area contributed by atoms with Gasteiger partial charge in [-0.2, -0.15) is 0 Å². The molecule has 0 saturated heterocycles. The minimum absolute atomic E-state index is 0.189. The second-order valence-electron chi connectivity index (χ2n) is 5.25. The number of aromatic amines is 1. The summed E-state index contributed by atoms with van der Waals surface area (Å²) in [6.07, 6.45) is 0. The molecule has 2 aromatic heterocycles. The third-order valence-corrected chi connectivity index (χ3v) is 5.27. The first-order valence-electron chi connectivity index (χ1n) is 7.53. The molecule has 0 aliphatic rings. The monoisotopic (exact) mass is 436 g/mol. The Bertz CT molecular complexity index is 1130. The molecule has 134 valence electrons. The Hall–Kier alpha value is -2.72. The number of hydrogen-bond acceptors (Lipinski definition) is 5. The third kappa shape index (κ3) is 3.46. The molecular formula is C16H13BrN4O4S. The minimum Gasteiger partial charge on any atom is -0.307 e. The van der Waals surface area contributed by atoms with Crippen molar-refractivity contribution in [3.8, 4) is 0 Å². The summed E-state index contributed by atoms with van der Waals surface area (Å²) in [5.74, 6) is -1.02. The normalized spacial score (nSPS) is 10.7. The van der Waals surface area contributed by atoms with Crippen LogP contribution in [-0.4, -0.2) is 21.4 Å². The van der Waals surface area contributed by atoms with E-state index < -0.39 is 23.1 Å². The Morgan fingerprint density at radius 3 is 2.54 bits per heavy atom. The molecule has 0 aliphatic carbocycles. The zero-order valence-corrected chi connectivity index (χ0v) is 15.9. The van der Waals surface area contributed by atoms with E-state index in [1.165, 1.54) is 29.5 Å². The van der Waals surface area contributed by atoms with Crippen molar-refractivity contribution in [3.05, 3.63) is 65.4 Å². The number of carbonyl (C=O) groups excluding carboxylic acids is 2. The maximum Gasteiger partial charge on any atom is 0.328 e. The maximum absolute atomic E-state index is 12.2. The van der Waals surface area contributed by atoms with Gasteiger partial charge in [-0.1, -0.05) is 0 Å². The Labute approximate surface area is 159 Å². The number of halogens is 1. The highest BCUT2D eigenvalue weighted by molar-refractivity contribution is 9.11. The van der Waals surface area contributed by atoms with Crippen LogP contribution in [0.5, 0.6) is 0 Å². The van der Waals surface area contributed by atoms with Crippen LogP contribution in [0, 0.1) is 0 Å². The van der Waals surface area contributed by atoms with E-state index >= 15 is 0 Å². The van der Waals surface area contributed by atoms with Gasteiger partial charge in [-0.05, 0) is 53.2 Å². The lowest BCUT2D eigenvalue weighted by atomic mass is 10.1. The van der Waals surface area contributed by atoms with Crippen molar-refractivity contribution < 1.29 is 9.59 Å². The number of fused-ring (bicyclic) bond motifs is 1. The van der Waals surface area contributed by atoms with E-state index in [4.69, 9.17) is 0 Å². The second kappa shape index (κ2) is 7.26. The van der Waals surface area contributed by atoms with Crippen molar-refractivity contribution in [2.24, 2.45) is 0 Å². The summed E-state index contributed by atoms with van der Waals surface area (Å²) >= 11 is 4.49. The van der Waals surface area contributed by atoms with Crippen molar-refractivity contribution in [3.63, 3.8) is 0 Å². The van der Waals surface area contributed by atoms with Gasteiger partial charge < -0.3 is 4.98 Å². The van der Waals surface area contributed by atoms with E-state index in [-0.39, 0.29) is 17.6 Å². The molecule has 0 spiro atoms. The molecule has 0 radical (unpaired) electrons. The van der Waals surface area contributed by atoms with E-state index in [0.717, 1.165) is 8.35 Å². The molecule has 0 fully saturated rings. The van der Waals surface area contributed by atoms with Crippen molar-refractivity contribution >= 4 is 50.0 Å². The van der Waals surface area contributed by atoms with E-state index in [9.17, 15) is 19.2 Å². The third-order valence-electron chi connectivity index (χ3n) is 3.65. The average Bonchev–Trinajstić information content (AvgIpc) is 3.05. The van der Waals surface area contributed by atoms with Gasteiger partial charge in [-0.25, -0.2) is 4.79 Å². The fourth-order valence-corrected chi connectivity index (χ4v) is 3.65. The second-order valence-corrected chi connectivity index (χ2v) is 7.71. The van der Waals surface area contributed by atoms with Crippen molar-refractivity contribution in [1.82, 2.24) is 20.4 Å². The predicted molar refractivity (Wildman–Crippen MR) is 101 cm³/mol. The number of nitrogens with one attached hydrogen (secondary N) is 3. The van der Waals surface area contributed by atoms with Gasteiger partial charge >= 0.3 is 5.69 Å². The lowest BCUT2D eigenvalue weighted by molar-refractivity contribution is 0.0849. The smallest absolute Gasteiger partial charge is 0.307 e. The SMILES string of the molecule is CCn1c(=O)[nH]c2cc(C(=O)NNC(=O)c3ccc(Br)s3)ccc2c1=O. The number of hydrazine groups is 1. The van der Waals surface area contributed by atoms with Gasteiger partial charge in [0.05, 0.1) is 19.6 Å². The van der Waals surface area contributed by atoms with Gasteiger partial charge in [0.2, 0.25) is 0 Å². The largest absolute Gasteiger partial charge is 0.328 e. The van der Waals surface area contributed by atoms with Gasteiger partial charge in [-0.15, -0.1) is 11.3 Å². The van der Waals surface area contributed by atoms with E-state index in [0.29, 0.717) is 10.3 Å². The molecule has 2 heterocycles. The number of rotatable bonds is 3. The van der Waals surface area contributed by atoms with Gasteiger partial charge in [0, 0.05) is 12.1 Å². The predicted octanol–water partition coefficient (Wildman–Crippen LogP) is 1.61. The molecule has 1 aromatic carbocycles. The zero-order chi connectivity index (χ0) is 18.8. The summed E-state index contributed by atoms with van der Waals surface area (Å²) in [5, 5.41) is 0.301. The summed E-state index contributed by atoms with van der Waals surface area (Å²) in [4.78, 5) is 51.3. The number of H-pyrrole nitrogens is 1. The van der Waals surface area contributed by atoms with Gasteiger partial charge in [0.25, 0.3) is 17.4 Å². The summed E-state index contributed by atoms with van der Waals surface area (Å²) in [6, 6.07) is 7.65. The fourth-order valence-electron chi connectivity index (χ4n) is 2.37. The van der Waals surface area contributed by atoms with Crippen LogP contribution in [0.15, 0.2) is 43.7 Å². The number of benzene rings is 1. The molecule has 2 amide bonds. The first-order chi connectivity index (χ1) is 12.4. The highest BCUT2D eigenvalue weighted by Crippen LogP contribution is 2.21. The van der Waals surface area contributed by atoms with Crippen LogP contribution in [-0.2, 0) is 6.54 Å². The Morgan fingerprint density at radius 2 is 1.88 bits per heavy atom. The molecule has 26 heavy (non-hydrogen) atoms. The van der Waals surface area contributed by atoms with Crippen molar-refractivity contribution in [2.75, 3.05) is 0 Å². The lowest BCUT2D eigenvalue weighted by Crippen LogP contribution is -2.41. The number of carbonyl (C=O) groups is 2.